The molecule has 0 atom stereocenters. The van der Waals surface area contributed by atoms with Gasteiger partial charge in [0.25, 0.3) is 0 Å². The first-order valence-corrected chi connectivity index (χ1v) is 7.00. The molecule has 2 aromatic rings. The van der Waals surface area contributed by atoms with E-state index in [9.17, 15) is 9.90 Å². The average molecular weight is 335 g/mol. The maximum Gasteiger partial charge on any atom is 0.337 e. The Kier molecular flexibility index (Phi) is 4.74. The zero-order valence-electron chi connectivity index (χ0n) is 11.1. The number of aromatic carboxylic acids is 1. The highest BCUT2D eigenvalue weighted by Crippen LogP contribution is 2.24. The number of hydrogen-bond acceptors (Lipinski definition) is 3. The van der Waals surface area contributed by atoms with Crippen molar-refractivity contribution in [2.24, 2.45) is 0 Å². The molecule has 20 heavy (non-hydrogen) atoms. The molecule has 2 rings (SSSR count). The summed E-state index contributed by atoms with van der Waals surface area (Å²) >= 11 is 3.38. The highest BCUT2D eigenvalue weighted by Gasteiger charge is 2.13. The van der Waals surface area contributed by atoms with Crippen LogP contribution in [0.15, 0.2) is 47.2 Å². The van der Waals surface area contributed by atoms with E-state index >= 15 is 0 Å². The van der Waals surface area contributed by atoms with Crippen LogP contribution in [0.3, 0.4) is 0 Å². The molecule has 0 unspecified atom stereocenters. The molecule has 0 aliphatic rings. The lowest BCUT2D eigenvalue weighted by Crippen LogP contribution is -2.22. The topological polar surface area (TPSA) is 53.4 Å². The molecule has 0 bridgehead atoms. The molecular formula is C15H15BrN2O2. The van der Waals surface area contributed by atoms with E-state index in [1.54, 1.807) is 24.5 Å². The molecule has 0 saturated heterocycles. The van der Waals surface area contributed by atoms with Crippen molar-refractivity contribution in [1.82, 2.24) is 4.98 Å². The summed E-state index contributed by atoms with van der Waals surface area (Å²) in [5.41, 5.74) is 2.20. The fraction of sp³-hybridized carbons (Fsp3) is 0.200. The molecule has 1 N–H and O–H groups in total. The first-order valence-electron chi connectivity index (χ1n) is 6.21. The Labute approximate surface area is 126 Å². The fourth-order valence-electron chi connectivity index (χ4n) is 1.97. The molecule has 5 heteroatoms. The summed E-state index contributed by atoms with van der Waals surface area (Å²) in [7, 11) is 1.90. The van der Waals surface area contributed by atoms with E-state index in [-0.39, 0.29) is 0 Å². The number of benzene rings is 1. The smallest absolute Gasteiger partial charge is 0.337 e. The molecule has 0 fully saturated rings. The molecule has 4 nitrogen and oxygen atoms in total. The van der Waals surface area contributed by atoms with Gasteiger partial charge in [0.1, 0.15) is 0 Å². The van der Waals surface area contributed by atoms with Gasteiger partial charge in [0.2, 0.25) is 0 Å². The summed E-state index contributed by atoms with van der Waals surface area (Å²) in [5, 5.41) is 9.24. The van der Waals surface area contributed by atoms with Crippen molar-refractivity contribution >= 4 is 27.6 Å². The third kappa shape index (κ3) is 3.57. The van der Waals surface area contributed by atoms with Crippen LogP contribution in [0.5, 0.6) is 0 Å². The number of pyridine rings is 1. The maximum absolute atomic E-state index is 11.3. The van der Waals surface area contributed by atoms with Gasteiger partial charge in [-0.2, -0.15) is 0 Å². The van der Waals surface area contributed by atoms with Crippen molar-refractivity contribution in [2.75, 3.05) is 18.5 Å². The molecule has 0 amide bonds. The minimum atomic E-state index is -0.914. The lowest BCUT2D eigenvalue weighted by molar-refractivity contribution is 0.0697. The van der Waals surface area contributed by atoms with E-state index < -0.39 is 5.97 Å². The Morgan fingerprint density at radius 2 is 2.00 bits per heavy atom. The van der Waals surface area contributed by atoms with E-state index in [0.717, 1.165) is 17.4 Å². The number of carbonyl (C=O) groups is 1. The van der Waals surface area contributed by atoms with Crippen LogP contribution in [-0.2, 0) is 6.42 Å². The van der Waals surface area contributed by atoms with E-state index in [2.05, 4.69) is 20.9 Å². The molecule has 0 spiro atoms. The predicted molar refractivity (Wildman–Crippen MR) is 82.3 cm³/mol. The Morgan fingerprint density at radius 1 is 1.30 bits per heavy atom. The predicted octanol–water partition coefficient (Wildman–Crippen LogP) is 3.22. The lowest BCUT2D eigenvalue weighted by atomic mass is 10.1. The van der Waals surface area contributed by atoms with E-state index in [0.29, 0.717) is 11.3 Å². The van der Waals surface area contributed by atoms with E-state index in [1.165, 1.54) is 5.56 Å². The highest BCUT2D eigenvalue weighted by molar-refractivity contribution is 9.10. The number of hydrogen-bond donors (Lipinski definition) is 1. The largest absolute Gasteiger partial charge is 0.478 e. The van der Waals surface area contributed by atoms with Crippen molar-refractivity contribution in [3.8, 4) is 0 Å². The Morgan fingerprint density at radius 3 is 2.65 bits per heavy atom. The zero-order chi connectivity index (χ0) is 14.5. The molecule has 1 aromatic carbocycles. The van der Waals surface area contributed by atoms with Crippen LogP contribution in [0.4, 0.5) is 5.69 Å². The number of aromatic nitrogens is 1. The van der Waals surface area contributed by atoms with Gasteiger partial charge in [-0.25, -0.2) is 4.79 Å². The first-order chi connectivity index (χ1) is 9.58. The highest BCUT2D eigenvalue weighted by atomic mass is 79.9. The second kappa shape index (κ2) is 6.52. The van der Waals surface area contributed by atoms with Gasteiger partial charge in [-0.3, -0.25) is 4.98 Å². The van der Waals surface area contributed by atoms with E-state index in [1.807, 2.05) is 30.1 Å². The number of likely N-dealkylation sites (N-methyl/N-ethyl adjacent to an activating group) is 1. The molecule has 0 saturated carbocycles. The average Bonchev–Trinajstić information content (AvgIpc) is 2.45. The minimum absolute atomic E-state index is 0.311. The van der Waals surface area contributed by atoms with Crippen LogP contribution in [0.2, 0.25) is 0 Å². The number of halogens is 1. The summed E-state index contributed by atoms with van der Waals surface area (Å²) in [6.07, 6.45) is 4.36. The summed E-state index contributed by atoms with van der Waals surface area (Å²) < 4.78 is 0.869. The zero-order valence-corrected chi connectivity index (χ0v) is 12.7. The van der Waals surface area contributed by atoms with Crippen molar-refractivity contribution in [1.29, 1.82) is 0 Å². The van der Waals surface area contributed by atoms with Gasteiger partial charge >= 0.3 is 5.97 Å². The number of carboxylic acid groups (broad SMARTS) is 1. The Balaban J connectivity index is 2.14. The molecular weight excluding hydrogens is 320 g/mol. The minimum Gasteiger partial charge on any atom is -0.478 e. The Hall–Kier alpha value is -1.88. The van der Waals surface area contributed by atoms with Gasteiger partial charge in [-0.1, -0.05) is 15.9 Å². The third-order valence-electron chi connectivity index (χ3n) is 3.09. The SMILES string of the molecule is CN(CCc1ccncc1)c1cc(Br)ccc1C(=O)O. The van der Waals surface area contributed by atoms with Crippen LogP contribution in [0.1, 0.15) is 15.9 Å². The summed E-state index contributed by atoms with van der Waals surface area (Å²) in [6, 6.07) is 9.12. The van der Waals surface area contributed by atoms with Crippen molar-refractivity contribution < 1.29 is 9.90 Å². The van der Waals surface area contributed by atoms with Gasteiger partial charge in [-0.05, 0) is 42.3 Å². The van der Waals surface area contributed by atoms with Gasteiger partial charge < -0.3 is 10.0 Å². The van der Waals surface area contributed by atoms with Gasteiger partial charge in [0.05, 0.1) is 11.3 Å². The Bertz CT molecular complexity index is 602. The standard InChI is InChI=1S/C15H15BrN2O2/c1-18(9-6-11-4-7-17-8-5-11)14-10-12(16)2-3-13(14)15(19)20/h2-5,7-8,10H,6,9H2,1H3,(H,19,20). The van der Waals surface area contributed by atoms with Crippen LogP contribution in [0, 0.1) is 0 Å². The van der Waals surface area contributed by atoms with Crippen LogP contribution in [-0.4, -0.2) is 29.7 Å². The monoisotopic (exact) mass is 334 g/mol. The molecule has 1 heterocycles. The van der Waals surface area contributed by atoms with Crippen LogP contribution in [0.25, 0.3) is 0 Å². The first kappa shape index (κ1) is 14.5. The number of rotatable bonds is 5. The second-order valence-electron chi connectivity index (χ2n) is 4.49. The van der Waals surface area contributed by atoms with Crippen molar-refractivity contribution in [2.45, 2.75) is 6.42 Å². The number of nitrogens with zero attached hydrogens (tertiary/aromatic N) is 2. The lowest BCUT2D eigenvalue weighted by Gasteiger charge is -2.21. The van der Waals surface area contributed by atoms with Gasteiger partial charge in [0, 0.05) is 30.5 Å². The molecule has 1 aromatic heterocycles. The van der Waals surface area contributed by atoms with Crippen LogP contribution < -0.4 is 4.90 Å². The normalized spacial score (nSPS) is 10.3. The number of carboxylic acids is 1. The van der Waals surface area contributed by atoms with Gasteiger partial charge in [0.15, 0.2) is 0 Å². The molecule has 0 aliphatic heterocycles. The molecule has 0 aliphatic carbocycles. The molecule has 104 valence electrons. The summed E-state index contributed by atoms with van der Waals surface area (Å²) in [6.45, 7) is 0.737. The van der Waals surface area contributed by atoms with Gasteiger partial charge in [-0.15, -0.1) is 0 Å². The second-order valence-corrected chi connectivity index (χ2v) is 5.41. The van der Waals surface area contributed by atoms with E-state index in [4.69, 9.17) is 0 Å². The van der Waals surface area contributed by atoms with Crippen molar-refractivity contribution in [3.63, 3.8) is 0 Å². The third-order valence-corrected chi connectivity index (χ3v) is 3.58. The maximum atomic E-state index is 11.3. The van der Waals surface area contributed by atoms with Crippen LogP contribution >= 0.6 is 15.9 Å². The number of anilines is 1. The quantitative estimate of drug-likeness (QED) is 0.912. The molecule has 0 radical (unpaired) electrons. The summed E-state index contributed by atoms with van der Waals surface area (Å²) in [4.78, 5) is 17.2. The fourth-order valence-corrected chi connectivity index (χ4v) is 2.32. The summed E-state index contributed by atoms with van der Waals surface area (Å²) in [5.74, 6) is -0.914. The van der Waals surface area contributed by atoms with Crippen molar-refractivity contribution in [3.05, 3.63) is 58.3 Å².